The molecule has 1 saturated heterocycles. The zero-order chi connectivity index (χ0) is 19.7. The molecule has 0 saturated carbocycles. The van der Waals surface area contributed by atoms with Crippen LogP contribution in [0.1, 0.15) is 26.3 Å². The number of carbonyl (C=O) groups excluding carboxylic acids is 3. The van der Waals surface area contributed by atoms with Gasteiger partial charge in [0.05, 0.1) is 11.1 Å². The van der Waals surface area contributed by atoms with Gasteiger partial charge in [-0.15, -0.1) is 0 Å². The van der Waals surface area contributed by atoms with Crippen LogP contribution in [-0.4, -0.2) is 65.8 Å². The number of benzene rings is 2. The summed E-state index contributed by atoms with van der Waals surface area (Å²) in [6, 6.07) is 14.9. The van der Waals surface area contributed by atoms with Crippen LogP contribution in [-0.2, 0) is 6.54 Å². The molecule has 0 aromatic heterocycles. The molecule has 4 amide bonds. The van der Waals surface area contributed by atoms with E-state index in [0.29, 0.717) is 29.9 Å². The van der Waals surface area contributed by atoms with Gasteiger partial charge in [-0.25, -0.2) is 4.79 Å². The first-order chi connectivity index (χ1) is 13.5. The van der Waals surface area contributed by atoms with Crippen molar-refractivity contribution in [3.63, 3.8) is 0 Å². The van der Waals surface area contributed by atoms with Gasteiger partial charge in [0.2, 0.25) is 0 Å². The molecule has 0 bridgehead atoms. The Kier molecular flexibility index (Phi) is 4.83. The molecule has 7 heteroatoms. The maximum Gasteiger partial charge on any atom is 0.321 e. The summed E-state index contributed by atoms with van der Waals surface area (Å²) in [6.07, 6.45) is 0. The fraction of sp³-hybridized carbons (Fsp3) is 0.286. The van der Waals surface area contributed by atoms with Crippen molar-refractivity contribution in [2.24, 2.45) is 0 Å². The molecule has 0 spiro atoms. The molecule has 0 aliphatic carbocycles. The maximum absolute atomic E-state index is 12.6. The molecule has 7 nitrogen and oxygen atoms in total. The smallest absolute Gasteiger partial charge is 0.321 e. The van der Waals surface area contributed by atoms with Gasteiger partial charge in [0, 0.05) is 45.5 Å². The van der Waals surface area contributed by atoms with Crippen molar-refractivity contribution >= 4 is 23.5 Å². The van der Waals surface area contributed by atoms with E-state index in [2.05, 4.69) is 22.3 Å². The molecular weight excluding hydrogens is 356 g/mol. The molecule has 0 unspecified atom stereocenters. The number of piperazine rings is 1. The monoisotopic (exact) mass is 378 g/mol. The van der Waals surface area contributed by atoms with Gasteiger partial charge in [-0.3, -0.25) is 19.4 Å². The van der Waals surface area contributed by atoms with Crippen LogP contribution in [0.4, 0.5) is 10.5 Å². The number of nitrogens with zero attached hydrogens (tertiary/aromatic N) is 3. The lowest BCUT2D eigenvalue weighted by atomic mass is 10.1. The molecule has 1 N–H and O–H groups in total. The van der Waals surface area contributed by atoms with Gasteiger partial charge < -0.3 is 10.2 Å². The number of rotatable bonds is 3. The van der Waals surface area contributed by atoms with Crippen molar-refractivity contribution < 1.29 is 14.4 Å². The van der Waals surface area contributed by atoms with Gasteiger partial charge in [0.1, 0.15) is 0 Å². The van der Waals surface area contributed by atoms with E-state index >= 15 is 0 Å². The van der Waals surface area contributed by atoms with Gasteiger partial charge in [-0.1, -0.05) is 30.3 Å². The van der Waals surface area contributed by atoms with Gasteiger partial charge in [0.15, 0.2) is 0 Å². The second-order valence-electron chi connectivity index (χ2n) is 7.11. The highest BCUT2D eigenvalue weighted by Crippen LogP contribution is 2.25. The third-order valence-electron chi connectivity index (χ3n) is 5.25. The normalized spacial score (nSPS) is 17.0. The molecule has 2 heterocycles. The summed E-state index contributed by atoms with van der Waals surface area (Å²) < 4.78 is 0. The first kappa shape index (κ1) is 18.2. The second-order valence-corrected chi connectivity index (χ2v) is 7.11. The predicted octanol–water partition coefficient (Wildman–Crippen LogP) is 2.26. The number of hydrogen-bond donors (Lipinski definition) is 1. The SMILES string of the molecule is CN1C(=O)c2ccc(NC(=O)N3CCN(Cc4ccccc4)CC3)cc2C1=O. The summed E-state index contributed by atoms with van der Waals surface area (Å²) in [6.45, 7) is 3.78. The van der Waals surface area contributed by atoms with E-state index in [-0.39, 0.29) is 17.8 Å². The second kappa shape index (κ2) is 7.44. The lowest BCUT2D eigenvalue weighted by Crippen LogP contribution is -2.49. The fourth-order valence-electron chi connectivity index (χ4n) is 3.59. The predicted molar refractivity (Wildman–Crippen MR) is 105 cm³/mol. The molecule has 4 rings (SSSR count). The van der Waals surface area contributed by atoms with E-state index in [1.54, 1.807) is 23.1 Å². The van der Waals surface area contributed by atoms with Crippen molar-refractivity contribution in [2.45, 2.75) is 6.54 Å². The van der Waals surface area contributed by atoms with Gasteiger partial charge in [0.25, 0.3) is 11.8 Å². The summed E-state index contributed by atoms with van der Waals surface area (Å²) in [5, 5.41) is 2.84. The van der Waals surface area contributed by atoms with Crippen LogP contribution >= 0.6 is 0 Å². The zero-order valence-corrected chi connectivity index (χ0v) is 15.7. The Labute approximate surface area is 163 Å². The molecule has 0 atom stereocenters. The fourth-order valence-corrected chi connectivity index (χ4v) is 3.59. The number of amides is 4. The Morgan fingerprint density at radius 1 is 0.929 bits per heavy atom. The number of hydrogen-bond acceptors (Lipinski definition) is 4. The molecule has 2 aromatic carbocycles. The summed E-state index contributed by atoms with van der Waals surface area (Å²) in [7, 11) is 1.46. The summed E-state index contributed by atoms with van der Waals surface area (Å²) in [5.41, 5.74) is 2.49. The van der Waals surface area contributed by atoms with Crippen LogP contribution in [0.2, 0.25) is 0 Å². The molecule has 28 heavy (non-hydrogen) atoms. The van der Waals surface area contributed by atoms with E-state index in [4.69, 9.17) is 0 Å². The minimum Gasteiger partial charge on any atom is -0.322 e. The molecular formula is C21H22N4O3. The molecule has 1 fully saturated rings. The van der Waals surface area contributed by atoms with Crippen LogP contribution in [0.3, 0.4) is 0 Å². The lowest BCUT2D eigenvalue weighted by molar-refractivity contribution is 0.0693. The van der Waals surface area contributed by atoms with Crippen molar-refractivity contribution in [3.8, 4) is 0 Å². The van der Waals surface area contributed by atoms with E-state index in [1.807, 2.05) is 18.2 Å². The number of anilines is 1. The number of carbonyl (C=O) groups is 3. The van der Waals surface area contributed by atoms with E-state index in [9.17, 15) is 14.4 Å². The van der Waals surface area contributed by atoms with Crippen molar-refractivity contribution in [3.05, 3.63) is 65.2 Å². The number of urea groups is 1. The Balaban J connectivity index is 1.34. The lowest BCUT2D eigenvalue weighted by Gasteiger charge is -2.34. The average molecular weight is 378 g/mol. The first-order valence-electron chi connectivity index (χ1n) is 9.31. The standard InChI is InChI=1S/C21H22N4O3/c1-23-19(26)17-8-7-16(13-18(17)20(23)27)22-21(28)25-11-9-24(10-12-25)14-15-5-3-2-4-6-15/h2-8,13H,9-12,14H2,1H3,(H,22,28). The average Bonchev–Trinajstić information content (AvgIpc) is 2.93. The Bertz CT molecular complexity index is 921. The van der Waals surface area contributed by atoms with E-state index < -0.39 is 0 Å². The Morgan fingerprint density at radius 2 is 1.61 bits per heavy atom. The molecule has 2 aliphatic heterocycles. The van der Waals surface area contributed by atoms with Gasteiger partial charge >= 0.3 is 6.03 Å². The minimum absolute atomic E-state index is 0.190. The van der Waals surface area contributed by atoms with Crippen molar-refractivity contribution in [2.75, 3.05) is 38.5 Å². The molecule has 0 radical (unpaired) electrons. The quantitative estimate of drug-likeness (QED) is 0.832. The highest BCUT2D eigenvalue weighted by molar-refractivity contribution is 6.21. The highest BCUT2D eigenvalue weighted by atomic mass is 16.2. The van der Waals surface area contributed by atoms with Gasteiger partial charge in [-0.2, -0.15) is 0 Å². The third-order valence-corrected chi connectivity index (χ3v) is 5.25. The zero-order valence-electron chi connectivity index (χ0n) is 15.7. The summed E-state index contributed by atoms with van der Waals surface area (Å²) in [5.74, 6) is -0.655. The number of imide groups is 1. The van der Waals surface area contributed by atoms with Crippen molar-refractivity contribution in [1.29, 1.82) is 0 Å². The van der Waals surface area contributed by atoms with Gasteiger partial charge in [-0.05, 0) is 23.8 Å². The maximum atomic E-state index is 12.6. The molecule has 2 aliphatic rings. The minimum atomic E-state index is -0.342. The summed E-state index contributed by atoms with van der Waals surface area (Å²) in [4.78, 5) is 41.8. The van der Waals surface area contributed by atoms with Crippen LogP contribution in [0.15, 0.2) is 48.5 Å². The van der Waals surface area contributed by atoms with E-state index in [0.717, 1.165) is 24.5 Å². The third kappa shape index (κ3) is 3.48. The van der Waals surface area contributed by atoms with Crippen LogP contribution in [0.5, 0.6) is 0 Å². The van der Waals surface area contributed by atoms with Crippen molar-refractivity contribution in [1.82, 2.24) is 14.7 Å². The topological polar surface area (TPSA) is 73.0 Å². The largest absolute Gasteiger partial charge is 0.322 e. The number of fused-ring (bicyclic) bond motifs is 1. The Hall–Kier alpha value is -3.19. The highest BCUT2D eigenvalue weighted by Gasteiger charge is 2.33. The van der Waals surface area contributed by atoms with E-state index in [1.165, 1.54) is 12.6 Å². The summed E-state index contributed by atoms with van der Waals surface area (Å²) >= 11 is 0. The number of nitrogens with one attached hydrogen (secondary N) is 1. The Morgan fingerprint density at radius 3 is 2.32 bits per heavy atom. The first-order valence-corrected chi connectivity index (χ1v) is 9.31. The van der Waals surface area contributed by atoms with Crippen LogP contribution in [0, 0.1) is 0 Å². The van der Waals surface area contributed by atoms with Crippen LogP contribution < -0.4 is 5.32 Å². The molecule has 2 aromatic rings. The van der Waals surface area contributed by atoms with Crippen LogP contribution in [0.25, 0.3) is 0 Å². The molecule has 144 valence electrons.